The van der Waals surface area contributed by atoms with E-state index in [1.54, 1.807) is 42.5 Å². The van der Waals surface area contributed by atoms with Gasteiger partial charge in [-0.1, -0.05) is 42.5 Å². The summed E-state index contributed by atoms with van der Waals surface area (Å²) in [5.41, 5.74) is 1.25. The molecule has 1 heterocycles. The predicted molar refractivity (Wildman–Crippen MR) is 90.2 cm³/mol. The number of hydrogen-bond donors (Lipinski definition) is 0. The predicted octanol–water partition coefficient (Wildman–Crippen LogP) is 3.43. The molecule has 0 spiro atoms. The SMILES string of the molecule is O=C1C=C[C@@H]([C@H](CC(=O)c2ccccc2)c2ccc([N+](=O)[O-])cc2)O1. The summed E-state index contributed by atoms with van der Waals surface area (Å²) in [5.74, 6) is -0.944. The van der Waals surface area contributed by atoms with Gasteiger partial charge in [-0.25, -0.2) is 4.79 Å². The second kappa shape index (κ2) is 7.09. The van der Waals surface area contributed by atoms with Crippen molar-refractivity contribution in [1.82, 2.24) is 0 Å². The Kier molecular flexibility index (Phi) is 4.70. The Balaban J connectivity index is 1.87. The molecule has 0 bridgehead atoms. The normalized spacial score (nSPS) is 17.1. The molecule has 25 heavy (non-hydrogen) atoms. The van der Waals surface area contributed by atoms with Crippen LogP contribution in [0.1, 0.15) is 28.3 Å². The first kappa shape index (κ1) is 16.6. The molecular weight excluding hydrogens is 322 g/mol. The van der Waals surface area contributed by atoms with Gasteiger partial charge in [0.1, 0.15) is 6.10 Å². The van der Waals surface area contributed by atoms with Crippen molar-refractivity contribution in [3.05, 3.63) is 88.0 Å². The highest BCUT2D eigenvalue weighted by molar-refractivity contribution is 5.96. The number of nitrogens with zero attached hydrogens (tertiary/aromatic N) is 1. The molecule has 2 aromatic carbocycles. The number of nitro benzene ring substituents is 1. The van der Waals surface area contributed by atoms with Crippen molar-refractivity contribution in [2.24, 2.45) is 0 Å². The lowest BCUT2D eigenvalue weighted by Crippen LogP contribution is -2.21. The molecule has 1 aliphatic heterocycles. The standard InChI is InChI=1S/C19H15NO5/c21-17(14-4-2-1-3-5-14)12-16(18-10-11-19(22)25-18)13-6-8-15(9-7-13)20(23)24/h1-11,16,18H,12H2/t16-,18+/m1/s1. The zero-order valence-corrected chi connectivity index (χ0v) is 13.2. The molecular formula is C19H15NO5. The third-order valence-corrected chi connectivity index (χ3v) is 4.10. The molecule has 0 saturated heterocycles. The van der Waals surface area contributed by atoms with E-state index in [0.29, 0.717) is 11.1 Å². The third-order valence-electron chi connectivity index (χ3n) is 4.10. The fourth-order valence-corrected chi connectivity index (χ4v) is 2.81. The highest BCUT2D eigenvalue weighted by Crippen LogP contribution is 2.31. The van der Waals surface area contributed by atoms with Gasteiger partial charge in [0.05, 0.1) is 4.92 Å². The van der Waals surface area contributed by atoms with E-state index in [-0.39, 0.29) is 17.9 Å². The first-order chi connectivity index (χ1) is 12.0. The zero-order chi connectivity index (χ0) is 17.8. The van der Waals surface area contributed by atoms with Crippen LogP contribution in [0.5, 0.6) is 0 Å². The number of nitro groups is 1. The van der Waals surface area contributed by atoms with Gasteiger partial charge in [-0.2, -0.15) is 0 Å². The summed E-state index contributed by atoms with van der Waals surface area (Å²) in [6.45, 7) is 0. The first-order valence-electron chi connectivity index (χ1n) is 7.76. The van der Waals surface area contributed by atoms with E-state index in [2.05, 4.69) is 0 Å². The molecule has 0 N–H and O–H groups in total. The van der Waals surface area contributed by atoms with Gasteiger partial charge in [-0.15, -0.1) is 0 Å². The molecule has 2 atom stereocenters. The van der Waals surface area contributed by atoms with Gasteiger partial charge >= 0.3 is 5.97 Å². The topological polar surface area (TPSA) is 86.5 Å². The quantitative estimate of drug-likeness (QED) is 0.349. The minimum atomic E-state index is -0.568. The molecule has 2 aromatic rings. The molecule has 126 valence electrons. The summed E-state index contributed by atoms with van der Waals surface area (Å²) in [7, 11) is 0. The average Bonchev–Trinajstić information content (AvgIpc) is 3.06. The second-order valence-electron chi connectivity index (χ2n) is 5.71. The molecule has 0 fully saturated rings. The number of ketones is 1. The lowest BCUT2D eigenvalue weighted by atomic mass is 9.87. The van der Waals surface area contributed by atoms with Gasteiger partial charge in [0.2, 0.25) is 0 Å². The Morgan fingerprint density at radius 3 is 2.36 bits per heavy atom. The minimum Gasteiger partial charge on any atom is -0.454 e. The van der Waals surface area contributed by atoms with Gasteiger partial charge in [-0.3, -0.25) is 14.9 Å². The monoisotopic (exact) mass is 337 g/mol. The summed E-state index contributed by atoms with van der Waals surface area (Å²) in [6, 6.07) is 14.8. The fourth-order valence-electron chi connectivity index (χ4n) is 2.81. The molecule has 0 aromatic heterocycles. The van der Waals surface area contributed by atoms with Crippen LogP contribution < -0.4 is 0 Å². The van der Waals surface area contributed by atoms with Crippen LogP contribution in [0.4, 0.5) is 5.69 Å². The van der Waals surface area contributed by atoms with Gasteiger partial charge in [-0.05, 0) is 11.6 Å². The van der Waals surface area contributed by atoms with Gasteiger partial charge in [0.25, 0.3) is 5.69 Å². The maximum atomic E-state index is 12.6. The van der Waals surface area contributed by atoms with E-state index < -0.39 is 22.9 Å². The largest absolute Gasteiger partial charge is 0.454 e. The third kappa shape index (κ3) is 3.80. The summed E-state index contributed by atoms with van der Waals surface area (Å²) in [5, 5.41) is 10.8. The highest BCUT2D eigenvalue weighted by atomic mass is 16.6. The number of esters is 1. The first-order valence-corrected chi connectivity index (χ1v) is 7.76. The number of carbonyl (C=O) groups excluding carboxylic acids is 2. The van der Waals surface area contributed by atoms with E-state index in [9.17, 15) is 19.7 Å². The van der Waals surface area contributed by atoms with E-state index in [4.69, 9.17) is 4.74 Å². The molecule has 1 aliphatic rings. The Labute approximate surface area is 143 Å². The van der Waals surface area contributed by atoms with Crippen molar-refractivity contribution >= 4 is 17.4 Å². The summed E-state index contributed by atoms with van der Waals surface area (Å²) in [4.78, 5) is 34.3. The van der Waals surface area contributed by atoms with E-state index in [1.165, 1.54) is 18.2 Å². The number of cyclic esters (lactones) is 1. The number of ether oxygens (including phenoxy) is 1. The van der Waals surface area contributed by atoms with E-state index >= 15 is 0 Å². The second-order valence-corrected chi connectivity index (χ2v) is 5.71. The van der Waals surface area contributed by atoms with Gasteiger partial charge in [0.15, 0.2) is 5.78 Å². The molecule has 0 aliphatic carbocycles. The van der Waals surface area contributed by atoms with E-state index in [1.807, 2.05) is 6.07 Å². The highest BCUT2D eigenvalue weighted by Gasteiger charge is 2.30. The number of rotatable bonds is 6. The van der Waals surface area contributed by atoms with Crippen LogP contribution in [-0.2, 0) is 9.53 Å². The smallest absolute Gasteiger partial charge is 0.331 e. The van der Waals surface area contributed by atoms with Crippen LogP contribution in [0.15, 0.2) is 66.7 Å². The Bertz CT molecular complexity index is 827. The molecule has 0 radical (unpaired) electrons. The molecule has 0 unspecified atom stereocenters. The number of benzene rings is 2. The molecule has 6 heteroatoms. The van der Waals surface area contributed by atoms with Crippen LogP contribution in [0.3, 0.4) is 0 Å². The van der Waals surface area contributed by atoms with Crippen molar-refractivity contribution < 1.29 is 19.2 Å². The zero-order valence-electron chi connectivity index (χ0n) is 13.2. The Morgan fingerprint density at radius 1 is 1.12 bits per heavy atom. The number of hydrogen-bond acceptors (Lipinski definition) is 5. The summed E-state index contributed by atoms with van der Waals surface area (Å²) in [6.07, 6.45) is 2.51. The molecule has 6 nitrogen and oxygen atoms in total. The van der Waals surface area contributed by atoms with Crippen LogP contribution in [-0.4, -0.2) is 22.8 Å². The van der Waals surface area contributed by atoms with Crippen molar-refractivity contribution in [2.75, 3.05) is 0 Å². The maximum absolute atomic E-state index is 12.6. The van der Waals surface area contributed by atoms with Crippen molar-refractivity contribution in [2.45, 2.75) is 18.4 Å². The van der Waals surface area contributed by atoms with Crippen LogP contribution in [0, 0.1) is 10.1 Å². The molecule has 3 rings (SSSR count). The van der Waals surface area contributed by atoms with E-state index in [0.717, 1.165) is 0 Å². The summed E-state index contributed by atoms with van der Waals surface area (Å²) < 4.78 is 5.26. The van der Waals surface area contributed by atoms with Crippen molar-refractivity contribution in [3.63, 3.8) is 0 Å². The maximum Gasteiger partial charge on any atom is 0.331 e. The lowest BCUT2D eigenvalue weighted by Gasteiger charge is -2.21. The average molecular weight is 337 g/mol. The minimum absolute atomic E-state index is 0.0316. The molecule has 0 saturated carbocycles. The Morgan fingerprint density at radius 2 is 1.80 bits per heavy atom. The van der Waals surface area contributed by atoms with Gasteiger partial charge < -0.3 is 4.74 Å². The number of Topliss-reactive ketones (excluding diaryl/α,β-unsaturated/α-hetero) is 1. The Hall–Kier alpha value is -3.28. The van der Waals surface area contributed by atoms with Crippen LogP contribution >= 0.6 is 0 Å². The summed E-state index contributed by atoms with van der Waals surface area (Å²) >= 11 is 0. The van der Waals surface area contributed by atoms with Gasteiger partial charge in [0, 0.05) is 36.1 Å². The number of non-ortho nitro benzene ring substituents is 1. The lowest BCUT2D eigenvalue weighted by molar-refractivity contribution is -0.384. The van der Waals surface area contributed by atoms with Crippen molar-refractivity contribution in [1.29, 1.82) is 0 Å². The van der Waals surface area contributed by atoms with Crippen LogP contribution in [0.2, 0.25) is 0 Å². The molecule has 0 amide bonds. The van der Waals surface area contributed by atoms with Crippen LogP contribution in [0.25, 0.3) is 0 Å². The number of carbonyl (C=O) groups is 2. The fraction of sp³-hybridized carbons (Fsp3) is 0.158. The van der Waals surface area contributed by atoms with Crippen molar-refractivity contribution in [3.8, 4) is 0 Å².